The van der Waals surface area contributed by atoms with Gasteiger partial charge in [-0.1, -0.05) is 24.3 Å². The molecule has 0 radical (unpaired) electrons. The molecule has 23 heavy (non-hydrogen) atoms. The number of hydrogen-bond acceptors (Lipinski definition) is 3. The topological polar surface area (TPSA) is 49.8 Å². The molecule has 0 bridgehead atoms. The Hall–Kier alpha value is -2.49. The molecule has 1 aliphatic heterocycles. The number of hydrogen-bond donors (Lipinski definition) is 1. The van der Waals surface area contributed by atoms with E-state index in [1.807, 2.05) is 35.2 Å². The summed E-state index contributed by atoms with van der Waals surface area (Å²) in [5, 5.41) is 9.48. The highest BCUT2D eigenvalue weighted by Crippen LogP contribution is 2.35. The summed E-state index contributed by atoms with van der Waals surface area (Å²) >= 11 is 0. The van der Waals surface area contributed by atoms with Gasteiger partial charge in [-0.3, -0.25) is 4.79 Å². The van der Waals surface area contributed by atoms with Gasteiger partial charge in [0, 0.05) is 13.0 Å². The van der Waals surface area contributed by atoms with Gasteiger partial charge in [-0.15, -0.1) is 0 Å². The second kappa shape index (κ2) is 6.73. The molecule has 1 atom stereocenters. The van der Waals surface area contributed by atoms with Gasteiger partial charge in [0.1, 0.15) is 11.5 Å². The minimum atomic E-state index is 0.154. The van der Waals surface area contributed by atoms with Gasteiger partial charge in [0.2, 0.25) is 5.91 Å². The highest BCUT2D eigenvalue weighted by atomic mass is 16.5. The average molecular weight is 311 g/mol. The van der Waals surface area contributed by atoms with Gasteiger partial charge in [0.25, 0.3) is 0 Å². The number of likely N-dealkylation sites (tertiary alicyclic amines) is 1. The van der Waals surface area contributed by atoms with E-state index in [-0.39, 0.29) is 17.7 Å². The van der Waals surface area contributed by atoms with E-state index in [4.69, 9.17) is 4.74 Å². The van der Waals surface area contributed by atoms with E-state index in [9.17, 15) is 9.90 Å². The van der Waals surface area contributed by atoms with Gasteiger partial charge < -0.3 is 14.7 Å². The molecule has 0 aliphatic carbocycles. The number of amides is 1. The maximum absolute atomic E-state index is 12.5. The van der Waals surface area contributed by atoms with Crippen LogP contribution in [0.4, 0.5) is 0 Å². The van der Waals surface area contributed by atoms with Gasteiger partial charge in [0.05, 0.1) is 13.2 Å². The summed E-state index contributed by atoms with van der Waals surface area (Å²) in [6.45, 7) is 0.806. The van der Waals surface area contributed by atoms with Gasteiger partial charge in [0.15, 0.2) is 0 Å². The SMILES string of the molecule is COc1cccc(C2CCN2C(=O)CCc2cccc(O)c2)c1. The molecular formula is C19H21NO3. The van der Waals surface area contributed by atoms with Crippen molar-refractivity contribution in [1.29, 1.82) is 0 Å². The number of methoxy groups -OCH3 is 1. The predicted molar refractivity (Wildman–Crippen MR) is 88.5 cm³/mol. The van der Waals surface area contributed by atoms with E-state index in [0.29, 0.717) is 12.8 Å². The lowest BCUT2D eigenvalue weighted by Crippen LogP contribution is -2.45. The molecule has 1 fully saturated rings. The molecule has 0 saturated carbocycles. The van der Waals surface area contributed by atoms with Gasteiger partial charge in [-0.2, -0.15) is 0 Å². The van der Waals surface area contributed by atoms with Crippen LogP contribution in [0.2, 0.25) is 0 Å². The molecule has 1 amide bonds. The molecule has 0 spiro atoms. The summed E-state index contributed by atoms with van der Waals surface area (Å²) in [5.41, 5.74) is 2.11. The predicted octanol–water partition coefficient (Wildman–Crippen LogP) is 3.31. The van der Waals surface area contributed by atoms with Crippen LogP contribution in [0.25, 0.3) is 0 Å². The smallest absolute Gasteiger partial charge is 0.223 e. The van der Waals surface area contributed by atoms with Crippen LogP contribution in [0.1, 0.15) is 30.0 Å². The van der Waals surface area contributed by atoms with Crippen molar-refractivity contribution in [2.24, 2.45) is 0 Å². The standard InChI is InChI=1S/C19H21NO3/c1-23-17-7-3-5-15(13-17)18-10-11-20(18)19(22)9-8-14-4-2-6-16(21)12-14/h2-7,12-13,18,21H,8-11H2,1H3. The molecule has 120 valence electrons. The van der Waals surface area contributed by atoms with Gasteiger partial charge in [-0.05, 0) is 48.2 Å². The lowest BCUT2D eigenvalue weighted by Gasteiger charge is -2.41. The number of benzene rings is 2. The monoisotopic (exact) mass is 311 g/mol. The number of phenols is 1. The van der Waals surface area contributed by atoms with Crippen LogP contribution in [-0.4, -0.2) is 29.6 Å². The number of aryl methyl sites for hydroxylation is 1. The summed E-state index contributed by atoms with van der Waals surface area (Å²) in [7, 11) is 1.65. The van der Waals surface area contributed by atoms with Crippen molar-refractivity contribution in [1.82, 2.24) is 4.90 Å². The molecule has 2 aromatic rings. The summed E-state index contributed by atoms with van der Waals surface area (Å²) in [6.07, 6.45) is 2.10. The highest BCUT2D eigenvalue weighted by Gasteiger charge is 2.32. The first kappa shape index (κ1) is 15.4. The first-order chi connectivity index (χ1) is 11.2. The lowest BCUT2D eigenvalue weighted by atomic mass is 9.93. The van der Waals surface area contributed by atoms with Crippen LogP contribution >= 0.6 is 0 Å². The zero-order chi connectivity index (χ0) is 16.2. The highest BCUT2D eigenvalue weighted by molar-refractivity contribution is 5.78. The fraction of sp³-hybridized carbons (Fsp3) is 0.316. The second-order valence-electron chi connectivity index (χ2n) is 5.84. The van der Waals surface area contributed by atoms with Crippen LogP contribution in [-0.2, 0) is 11.2 Å². The van der Waals surface area contributed by atoms with Gasteiger partial charge >= 0.3 is 0 Å². The zero-order valence-electron chi connectivity index (χ0n) is 13.2. The number of carbonyl (C=O) groups excluding carboxylic acids is 1. The van der Waals surface area contributed by atoms with E-state index in [1.165, 1.54) is 0 Å². The molecule has 3 rings (SSSR count). The fourth-order valence-electron chi connectivity index (χ4n) is 2.99. The molecule has 2 aromatic carbocycles. The zero-order valence-corrected chi connectivity index (χ0v) is 13.2. The molecule has 4 heteroatoms. The molecule has 1 saturated heterocycles. The molecule has 0 aromatic heterocycles. The number of carbonyl (C=O) groups is 1. The van der Waals surface area contributed by atoms with Crippen LogP contribution in [0, 0.1) is 0 Å². The molecule has 4 nitrogen and oxygen atoms in total. The number of ether oxygens (including phenoxy) is 1. The Balaban J connectivity index is 1.61. The first-order valence-corrected chi connectivity index (χ1v) is 7.88. The normalized spacial score (nSPS) is 16.7. The Bertz CT molecular complexity index is 699. The van der Waals surface area contributed by atoms with E-state index < -0.39 is 0 Å². The number of rotatable bonds is 5. The van der Waals surface area contributed by atoms with E-state index in [2.05, 4.69) is 0 Å². The molecule has 1 N–H and O–H groups in total. The third-order valence-corrected chi connectivity index (χ3v) is 4.36. The Morgan fingerprint density at radius 3 is 2.78 bits per heavy atom. The van der Waals surface area contributed by atoms with Crippen LogP contribution < -0.4 is 4.74 Å². The fourth-order valence-corrected chi connectivity index (χ4v) is 2.99. The minimum Gasteiger partial charge on any atom is -0.508 e. The van der Waals surface area contributed by atoms with E-state index >= 15 is 0 Å². The van der Waals surface area contributed by atoms with Gasteiger partial charge in [-0.25, -0.2) is 0 Å². The summed E-state index contributed by atoms with van der Waals surface area (Å²) < 4.78 is 5.26. The first-order valence-electron chi connectivity index (χ1n) is 7.88. The van der Waals surface area contributed by atoms with Crippen molar-refractivity contribution in [3.8, 4) is 11.5 Å². The van der Waals surface area contributed by atoms with Crippen LogP contribution in [0.5, 0.6) is 11.5 Å². The Morgan fingerprint density at radius 1 is 1.26 bits per heavy atom. The Morgan fingerprint density at radius 2 is 2.09 bits per heavy atom. The van der Waals surface area contributed by atoms with Crippen molar-refractivity contribution in [2.75, 3.05) is 13.7 Å². The number of phenolic OH excluding ortho intramolecular Hbond substituents is 1. The third-order valence-electron chi connectivity index (χ3n) is 4.36. The quantitative estimate of drug-likeness (QED) is 0.921. The molecule has 1 aliphatic rings. The Labute approximate surface area is 136 Å². The van der Waals surface area contributed by atoms with Crippen molar-refractivity contribution in [2.45, 2.75) is 25.3 Å². The third kappa shape index (κ3) is 3.47. The molecule has 1 unspecified atom stereocenters. The summed E-state index contributed by atoms with van der Waals surface area (Å²) in [4.78, 5) is 14.4. The summed E-state index contributed by atoms with van der Waals surface area (Å²) in [6, 6.07) is 15.2. The van der Waals surface area contributed by atoms with Crippen molar-refractivity contribution >= 4 is 5.91 Å². The van der Waals surface area contributed by atoms with E-state index in [1.54, 1.807) is 25.3 Å². The second-order valence-corrected chi connectivity index (χ2v) is 5.84. The largest absolute Gasteiger partial charge is 0.508 e. The molecule has 1 heterocycles. The van der Waals surface area contributed by atoms with E-state index in [0.717, 1.165) is 29.8 Å². The maximum Gasteiger partial charge on any atom is 0.223 e. The maximum atomic E-state index is 12.5. The lowest BCUT2D eigenvalue weighted by molar-refractivity contribution is -0.139. The number of nitrogens with zero attached hydrogens (tertiary/aromatic N) is 1. The minimum absolute atomic E-state index is 0.154. The van der Waals surface area contributed by atoms with Crippen molar-refractivity contribution in [3.63, 3.8) is 0 Å². The molecular weight excluding hydrogens is 290 g/mol. The Kier molecular flexibility index (Phi) is 4.51. The average Bonchev–Trinajstić information content (AvgIpc) is 2.52. The van der Waals surface area contributed by atoms with Crippen molar-refractivity contribution in [3.05, 3.63) is 59.7 Å². The van der Waals surface area contributed by atoms with Crippen LogP contribution in [0.3, 0.4) is 0 Å². The summed E-state index contributed by atoms with van der Waals surface area (Å²) in [5.74, 6) is 1.22. The van der Waals surface area contributed by atoms with Crippen molar-refractivity contribution < 1.29 is 14.6 Å². The number of aromatic hydroxyl groups is 1. The van der Waals surface area contributed by atoms with Crippen LogP contribution in [0.15, 0.2) is 48.5 Å².